The first-order valence-electron chi connectivity index (χ1n) is 10.5. The van der Waals surface area contributed by atoms with Crippen LogP contribution >= 0.6 is 0 Å². The topological polar surface area (TPSA) is 115 Å². The number of hydrogen-bond donors (Lipinski definition) is 1. The molecule has 0 spiro atoms. The van der Waals surface area contributed by atoms with Gasteiger partial charge in [0, 0.05) is 31.5 Å². The average molecular weight is 438 g/mol. The summed E-state index contributed by atoms with van der Waals surface area (Å²) in [5.41, 5.74) is 0.811. The first-order chi connectivity index (χ1) is 15.3. The van der Waals surface area contributed by atoms with E-state index in [2.05, 4.69) is 20.6 Å². The van der Waals surface area contributed by atoms with E-state index in [1.54, 1.807) is 41.7 Å². The van der Waals surface area contributed by atoms with Gasteiger partial charge in [-0.15, -0.1) is 0 Å². The molecular formula is C22H26N6O4. The number of piperidine rings is 1. The average Bonchev–Trinajstić information content (AvgIpc) is 3.43. The minimum atomic E-state index is -0.509. The Hall–Kier alpha value is -3.69. The lowest BCUT2D eigenvalue weighted by Gasteiger charge is -2.33. The van der Waals surface area contributed by atoms with Crippen LogP contribution in [-0.2, 0) is 4.74 Å². The lowest BCUT2D eigenvalue weighted by Crippen LogP contribution is -2.42. The molecular weight excluding hydrogens is 412 g/mol. The Morgan fingerprint density at radius 3 is 2.69 bits per heavy atom. The highest BCUT2D eigenvalue weighted by atomic mass is 16.6. The molecule has 0 aromatic carbocycles. The summed E-state index contributed by atoms with van der Waals surface area (Å²) in [6.45, 7) is 6.76. The van der Waals surface area contributed by atoms with Crippen LogP contribution in [-0.4, -0.2) is 55.5 Å². The van der Waals surface area contributed by atoms with E-state index < -0.39 is 11.5 Å². The molecule has 2 amide bonds. The zero-order chi connectivity index (χ0) is 22.7. The monoisotopic (exact) mass is 438 g/mol. The Morgan fingerprint density at radius 2 is 2.00 bits per heavy atom. The van der Waals surface area contributed by atoms with Crippen molar-refractivity contribution in [3.05, 3.63) is 48.5 Å². The molecule has 168 valence electrons. The summed E-state index contributed by atoms with van der Waals surface area (Å²) < 4.78 is 12.5. The molecule has 0 bridgehead atoms. The van der Waals surface area contributed by atoms with Crippen molar-refractivity contribution in [2.45, 2.75) is 45.3 Å². The third kappa shape index (κ3) is 5.13. The van der Waals surface area contributed by atoms with Gasteiger partial charge in [-0.25, -0.2) is 4.79 Å². The molecule has 1 aliphatic rings. The second-order valence-corrected chi connectivity index (χ2v) is 8.65. The van der Waals surface area contributed by atoms with Crippen molar-refractivity contribution in [2.75, 3.05) is 18.4 Å². The van der Waals surface area contributed by atoms with E-state index in [-0.39, 0.29) is 17.8 Å². The number of carbonyl (C=O) groups excluding carboxylic acids is 2. The van der Waals surface area contributed by atoms with Crippen LogP contribution in [0.5, 0.6) is 0 Å². The maximum absolute atomic E-state index is 12.5. The largest absolute Gasteiger partial charge is 0.444 e. The van der Waals surface area contributed by atoms with E-state index in [1.165, 1.54) is 0 Å². The van der Waals surface area contributed by atoms with Gasteiger partial charge in [0.2, 0.25) is 0 Å². The molecule has 32 heavy (non-hydrogen) atoms. The van der Waals surface area contributed by atoms with Gasteiger partial charge < -0.3 is 19.5 Å². The van der Waals surface area contributed by atoms with Gasteiger partial charge in [0.15, 0.2) is 11.5 Å². The van der Waals surface area contributed by atoms with Gasteiger partial charge in [-0.3, -0.25) is 14.5 Å². The fourth-order valence-electron chi connectivity index (χ4n) is 3.45. The molecule has 4 heterocycles. The lowest BCUT2D eigenvalue weighted by molar-refractivity contribution is 0.0184. The number of amides is 2. The van der Waals surface area contributed by atoms with Crippen LogP contribution in [0.2, 0.25) is 0 Å². The van der Waals surface area contributed by atoms with Crippen LogP contribution in [0.1, 0.15) is 50.1 Å². The van der Waals surface area contributed by atoms with Gasteiger partial charge in [-0.05, 0) is 45.7 Å². The molecule has 10 nitrogen and oxygen atoms in total. The van der Waals surface area contributed by atoms with Crippen LogP contribution < -0.4 is 5.32 Å². The van der Waals surface area contributed by atoms with Crippen LogP contribution in [0.3, 0.4) is 0 Å². The van der Waals surface area contributed by atoms with Crippen molar-refractivity contribution >= 4 is 17.7 Å². The van der Waals surface area contributed by atoms with E-state index in [0.717, 1.165) is 12.8 Å². The Balaban J connectivity index is 1.32. The first-order valence-corrected chi connectivity index (χ1v) is 10.5. The van der Waals surface area contributed by atoms with Crippen molar-refractivity contribution in [3.8, 4) is 11.5 Å². The molecule has 1 aliphatic heterocycles. The molecule has 3 aromatic heterocycles. The number of aromatic nitrogens is 4. The van der Waals surface area contributed by atoms with Crippen LogP contribution in [0.25, 0.3) is 11.5 Å². The van der Waals surface area contributed by atoms with Crippen LogP contribution in [0, 0.1) is 0 Å². The van der Waals surface area contributed by atoms with Gasteiger partial charge in [-0.1, -0.05) is 11.2 Å². The second-order valence-electron chi connectivity index (χ2n) is 8.65. The second kappa shape index (κ2) is 8.81. The minimum Gasteiger partial charge on any atom is -0.444 e. The molecule has 1 fully saturated rings. The number of likely N-dealkylation sites (tertiary alicyclic amines) is 1. The number of pyridine rings is 1. The van der Waals surface area contributed by atoms with E-state index in [9.17, 15) is 9.59 Å². The maximum atomic E-state index is 12.5. The normalized spacial score (nSPS) is 14.9. The molecule has 10 heteroatoms. The molecule has 0 radical (unpaired) electrons. The van der Waals surface area contributed by atoms with Crippen molar-refractivity contribution in [1.29, 1.82) is 0 Å². The highest BCUT2D eigenvalue weighted by molar-refractivity contribution is 6.03. The number of nitrogens with one attached hydrogen (secondary N) is 1. The lowest BCUT2D eigenvalue weighted by atomic mass is 10.1. The van der Waals surface area contributed by atoms with Gasteiger partial charge in [-0.2, -0.15) is 5.10 Å². The SMILES string of the molecule is CC(C)(C)OC(=O)N1CCC(n2cc(NC(=O)c3cc(-c4ccccn4)on3)cn2)CC1. The van der Waals surface area contributed by atoms with E-state index in [0.29, 0.717) is 30.2 Å². The van der Waals surface area contributed by atoms with Crippen LogP contribution in [0.15, 0.2) is 47.4 Å². The van der Waals surface area contributed by atoms with Crippen molar-refractivity contribution in [1.82, 2.24) is 24.8 Å². The quantitative estimate of drug-likeness (QED) is 0.659. The number of rotatable bonds is 4. The van der Waals surface area contributed by atoms with E-state index in [1.807, 2.05) is 31.5 Å². The fourth-order valence-corrected chi connectivity index (χ4v) is 3.45. The Kier molecular flexibility index (Phi) is 5.93. The molecule has 3 aromatic rings. The molecule has 1 saturated heterocycles. The van der Waals surface area contributed by atoms with Gasteiger partial charge in [0.1, 0.15) is 11.3 Å². The predicted octanol–water partition coefficient (Wildman–Crippen LogP) is 3.76. The Morgan fingerprint density at radius 1 is 1.22 bits per heavy atom. The molecule has 1 N–H and O–H groups in total. The summed E-state index contributed by atoms with van der Waals surface area (Å²) in [5.74, 6) is 0.0263. The van der Waals surface area contributed by atoms with Gasteiger partial charge in [0.05, 0.1) is 17.9 Å². The number of hydrogen-bond acceptors (Lipinski definition) is 7. The number of ether oxygens (including phenoxy) is 1. The number of anilines is 1. The highest BCUT2D eigenvalue weighted by Gasteiger charge is 2.28. The fraction of sp³-hybridized carbons (Fsp3) is 0.409. The van der Waals surface area contributed by atoms with E-state index in [4.69, 9.17) is 9.26 Å². The molecule has 4 rings (SSSR count). The first kappa shape index (κ1) is 21.5. The van der Waals surface area contributed by atoms with Crippen molar-refractivity contribution in [2.24, 2.45) is 0 Å². The van der Waals surface area contributed by atoms with E-state index >= 15 is 0 Å². The smallest absolute Gasteiger partial charge is 0.410 e. The predicted molar refractivity (Wildman–Crippen MR) is 116 cm³/mol. The summed E-state index contributed by atoms with van der Waals surface area (Å²) in [6.07, 6.45) is 6.24. The minimum absolute atomic E-state index is 0.141. The Labute approximate surface area is 185 Å². The highest BCUT2D eigenvalue weighted by Crippen LogP contribution is 2.25. The molecule has 0 atom stereocenters. The van der Waals surface area contributed by atoms with Crippen LogP contribution in [0.4, 0.5) is 10.5 Å². The van der Waals surface area contributed by atoms with Gasteiger partial charge in [0.25, 0.3) is 5.91 Å². The summed E-state index contributed by atoms with van der Waals surface area (Å²) in [6, 6.07) is 7.10. The maximum Gasteiger partial charge on any atom is 0.410 e. The summed E-state index contributed by atoms with van der Waals surface area (Å²) >= 11 is 0. The number of carbonyl (C=O) groups is 2. The molecule has 0 saturated carbocycles. The number of nitrogens with zero attached hydrogens (tertiary/aromatic N) is 5. The molecule has 0 unspecified atom stereocenters. The molecule has 0 aliphatic carbocycles. The van der Waals surface area contributed by atoms with Crippen molar-refractivity contribution in [3.63, 3.8) is 0 Å². The third-order valence-corrected chi connectivity index (χ3v) is 5.01. The summed E-state index contributed by atoms with van der Waals surface area (Å²) in [5, 5.41) is 11.0. The van der Waals surface area contributed by atoms with Gasteiger partial charge >= 0.3 is 6.09 Å². The summed E-state index contributed by atoms with van der Waals surface area (Å²) in [7, 11) is 0. The Bertz CT molecular complexity index is 1080. The standard InChI is InChI=1S/C22H26N6O4/c1-22(2,3)31-21(30)27-10-7-16(8-11-27)28-14-15(13-24-28)25-20(29)18-12-19(32-26-18)17-6-4-5-9-23-17/h4-6,9,12-14,16H,7-8,10-11H2,1-3H3,(H,25,29). The summed E-state index contributed by atoms with van der Waals surface area (Å²) in [4.78, 5) is 30.7. The zero-order valence-corrected chi connectivity index (χ0v) is 18.3. The zero-order valence-electron chi connectivity index (χ0n) is 18.3. The van der Waals surface area contributed by atoms with Crippen molar-refractivity contribution < 1.29 is 18.8 Å². The third-order valence-electron chi connectivity index (χ3n) is 5.01.